The zero-order valence-electron chi connectivity index (χ0n) is 15.4. The minimum absolute atomic E-state index is 0.0476. The van der Waals surface area contributed by atoms with Crippen molar-refractivity contribution in [2.24, 2.45) is 11.5 Å². The predicted octanol–water partition coefficient (Wildman–Crippen LogP) is 1.95. The fourth-order valence-corrected chi connectivity index (χ4v) is 2.78. The largest absolute Gasteiger partial charge is 0.457 e. The number of nitriles is 1. The van der Waals surface area contributed by atoms with Crippen LogP contribution in [0.4, 0.5) is 11.5 Å². The molecule has 1 heterocycles. The van der Waals surface area contributed by atoms with Gasteiger partial charge in [-0.15, -0.1) is 0 Å². The van der Waals surface area contributed by atoms with E-state index in [0.29, 0.717) is 34.0 Å². The molecule has 0 spiro atoms. The summed E-state index contributed by atoms with van der Waals surface area (Å²) in [5, 5.41) is 12.6. The maximum atomic E-state index is 12.0. The number of fused-ring (bicyclic) bond motifs is 1. The molecule has 0 fully saturated rings. The van der Waals surface area contributed by atoms with Crippen LogP contribution in [0.15, 0.2) is 42.5 Å². The fourth-order valence-electron chi connectivity index (χ4n) is 2.78. The number of carbonyl (C=O) groups excluding carboxylic acids is 2. The van der Waals surface area contributed by atoms with Gasteiger partial charge >= 0.3 is 0 Å². The summed E-state index contributed by atoms with van der Waals surface area (Å²) >= 11 is 0. The molecule has 0 bridgehead atoms. The summed E-state index contributed by atoms with van der Waals surface area (Å²) in [6, 6.07) is 13.2. The molecule has 3 aromatic rings. The highest BCUT2D eigenvalue weighted by atomic mass is 16.5. The molecule has 0 aliphatic rings. The smallest absolute Gasteiger partial charge is 0.241 e. The highest BCUT2D eigenvalue weighted by molar-refractivity contribution is 5.95. The number of nitrogen functional groups attached to an aromatic ring is 1. The van der Waals surface area contributed by atoms with Gasteiger partial charge in [-0.3, -0.25) is 9.59 Å². The van der Waals surface area contributed by atoms with Crippen molar-refractivity contribution in [1.29, 1.82) is 5.26 Å². The van der Waals surface area contributed by atoms with Gasteiger partial charge in [0.25, 0.3) is 0 Å². The Morgan fingerprint density at radius 2 is 1.86 bits per heavy atom. The normalized spacial score (nSPS) is 11.6. The van der Waals surface area contributed by atoms with Gasteiger partial charge in [-0.25, -0.2) is 0 Å². The van der Waals surface area contributed by atoms with E-state index in [1.54, 1.807) is 42.5 Å². The summed E-state index contributed by atoms with van der Waals surface area (Å²) in [6.07, 6.45) is 0.227. The van der Waals surface area contributed by atoms with Gasteiger partial charge in [0.2, 0.25) is 11.8 Å². The first kappa shape index (κ1) is 19.7. The molecule has 1 aromatic heterocycles. The van der Waals surface area contributed by atoms with Crippen LogP contribution in [0, 0.1) is 11.3 Å². The average molecular weight is 392 g/mol. The molecule has 0 radical (unpaired) electrons. The lowest BCUT2D eigenvalue weighted by molar-refractivity contribution is -0.119. The number of nitrogens with two attached hydrogens (primary N) is 3. The lowest BCUT2D eigenvalue weighted by Gasteiger charge is -2.12. The molecule has 0 saturated carbocycles. The Morgan fingerprint density at radius 3 is 2.52 bits per heavy atom. The molecule has 2 amide bonds. The second-order valence-electron chi connectivity index (χ2n) is 6.46. The van der Waals surface area contributed by atoms with Crippen molar-refractivity contribution < 1.29 is 14.3 Å². The number of carbonyl (C=O) groups is 2. The quantitative estimate of drug-likeness (QED) is 0.411. The number of hydrogen-bond donors (Lipinski definition) is 5. The number of benzene rings is 2. The molecule has 9 nitrogen and oxygen atoms in total. The Hall–Kier alpha value is -4.03. The van der Waals surface area contributed by atoms with Gasteiger partial charge in [-0.2, -0.15) is 5.26 Å². The minimum atomic E-state index is -0.826. The third-order valence-corrected chi connectivity index (χ3v) is 4.31. The summed E-state index contributed by atoms with van der Waals surface area (Å²) in [5.41, 5.74) is 18.2. The van der Waals surface area contributed by atoms with Crippen molar-refractivity contribution in [1.82, 2.24) is 4.98 Å². The van der Waals surface area contributed by atoms with Crippen molar-refractivity contribution >= 4 is 34.2 Å². The Balaban J connectivity index is 1.66. The fraction of sp³-hybridized carbons (Fsp3) is 0.150. The van der Waals surface area contributed by atoms with Gasteiger partial charge in [0, 0.05) is 23.0 Å². The molecule has 29 heavy (non-hydrogen) atoms. The SMILES string of the molecule is N#Cc1c(N)[nH]c2ccc(Oc3ccc(NC(=O)[C@@H](N)CCC(N)=O)cc3)cc12. The van der Waals surface area contributed by atoms with Gasteiger partial charge in [-0.1, -0.05) is 0 Å². The first-order valence-electron chi connectivity index (χ1n) is 8.81. The Morgan fingerprint density at radius 1 is 1.17 bits per heavy atom. The van der Waals surface area contributed by atoms with E-state index < -0.39 is 17.9 Å². The monoisotopic (exact) mass is 392 g/mol. The number of aromatic amines is 1. The number of nitrogens with one attached hydrogen (secondary N) is 2. The molecule has 9 heteroatoms. The van der Waals surface area contributed by atoms with E-state index >= 15 is 0 Å². The maximum absolute atomic E-state index is 12.0. The third-order valence-electron chi connectivity index (χ3n) is 4.31. The summed E-state index contributed by atoms with van der Waals surface area (Å²) in [6.45, 7) is 0. The maximum Gasteiger partial charge on any atom is 0.241 e. The van der Waals surface area contributed by atoms with Crippen LogP contribution in [0.2, 0.25) is 0 Å². The summed E-state index contributed by atoms with van der Waals surface area (Å²) in [4.78, 5) is 25.8. The van der Waals surface area contributed by atoms with Crippen LogP contribution in [0.1, 0.15) is 18.4 Å². The Bertz CT molecular complexity index is 1100. The van der Waals surface area contributed by atoms with Crippen LogP contribution in [0.3, 0.4) is 0 Å². The van der Waals surface area contributed by atoms with Crippen molar-refractivity contribution in [2.75, 3.05) is 11.1 Å². The Kier molecular flexibility index (Phi) is 5.66. The summed E-state index contributed by atoms with van der Waals surface area (Å²) in [5.74, 6) is 0.492. The number of hydrogen-bond acceptors (Lipinski definition) is 6. The number of aromatic nitrogens is 1. The Labute approximate surface area is 166 Å². The first-order valence-corrected chi connectivity index (χ1v) is 8.81. The number of H-pyrrole nitrogens is 1. The molecular formula is C20H20N6O3. The standard InChI is InChI=1S/C20H20N6O3/c21-10-15-14-9-13(5-7-17(14)26-19(15)24)29-12-3-1-11(2-4-12)25-20(28)16(22)6-8-18(23)27/h1-5,7,9,16,26H,6,8,22,24H2,(H2,23,27)(H,25,28)/t16-/m0/s1. The molecule has 0 unspecified atom stereocenters. The van der Waals surface area contributed by atoms with E-state index in [9.17, 15) is 14.9 Å². The molecule has 1 atom stereocenters. The van der Waals surface area contributed by atoms with Gasteiger partial charge in [0.15, 0.2) is 0 Å². The molecule has 2 aromatic carbocycles. The number of amides is 2. The van der Waals surface area contributed by atoms with E-state index in [1.165, 1.54) is 0 Å². The van der Waals surface area contributed by atoms with Gasteiger partial charge < -0.3 is 32.2 Å². The summed E-state index contributed by atoms with van der Waals surface area (Å²) < 4.78 is 5.81. The van der Waals surface area contributed by atoms with E-state index in [2.05, 4.69) is 16.4 Å². The lowest BCUT2D eigenvalue weighted by atomic mass is 10.1. The third kappa shape index (κ3) is 4.63. The zero-order chi connectivity index (χ0) is 21.0. The summed E-state index contributed by atoms with van der Waals surface area (Å²) in [7, 11) is 0. The number of ether oxygens (including phenoxy) is 1. The van der Waals surface area contributed by atoms with E-state index in [1.807, 2.05) is 0 Å². The van der Waals surface area contributed by atoms with Crippen molar-refractivity contribution in [3.8, 4) is 17.6 Å². The van der Waals surface area contributed by atoms with E-state index in [4.69, 9.17) is 21.9 Å². The molecule has 0 aliphatic carbocycles. The van der Waals surface area contributed by atoms with Gasteiger partial charge in [0.05, 0.1) is 6.04 Å². The highest BCUT2D eigenvalue weighted by Gasteiger charge is 2.15. The molecular weight excluding hydrogens is 372 g/mol. The van der Waals surface area contributed by atoms with Crippen molar-refractivity contribution in [3.63, 3.8) is 0 Å². The molecule has 8 N–H and O–H groups in total. The van der Waals surface area contributed by atoms with Crippen LogP contribution in [0.5, 0.6) is 11.5 Å². The number of primary amides is 1. The van der Waals surface area contributed by atoms with Gasteiger partial charge in [-0.05, 0) is 48.9 Å². The number of anilines is 2. The highest BCUT2D eigenvalue weighted by Crippen LogP contribution is 2.30. The van der Waals surface area contributed by atoms with E-state index in [0.717, 1.165) is 5.52 Å². The van der Waals surface area contributed by atoms with Crippen molar-refractivity contribution in [3.05, 3.63) is 48.0 Å². The average Bonchev–Trinajstić information content (AvgIpc) is 3.01. The topological polar surface area (TPSA) is 173 Å². The number of rotatable bonds is 7. The molecule has 148 valence electrons. The second kappa shape index (κ2) is 8.33. The first-order chi connectivity index (χ1) is 13.9. The van der Waals surface area contributed by atoms with Crippen LogP contribution in [-0.4, -0.2) is 22.8 Å². The van der Waals surface area contributed by atoms with Gasteiger partial charge in [0.1, 0.15) is 28.9 Å². The molecule has 0 saturated heterocycles. The van der Waals surface area contributed by atoms with Crippen molar-refractivity contribution in [2.45, 2.75) is 18.9 Å². The van der Waals surface area contributed by atoms with Crippen LogP contribution >= 0.6 is 0 Å². The molecule has 0 aliphatic heterocycles. The molecule has 3 rings (SSSR count). The second-order valence-corrected chi connectivity index (χ2v) is 6.46. The number of nitrogens with zero attached hydrogens (tertiary/aromatic N) is 1. The van der Waals surface area contributed by atoms with Crippen LogP contribution in [-0.2, 0) is 9.59 Å². The van der Waals surface area contributed by atoms with E-state index in [-0.39, 0.29) is 12.8 Å². The predicted molar refractivity (Wildman–Crippen MR) is 109 cm³/mol. The lowest BCUT2D eigenvalue weighted by Crippen LogP contribution is -2.36. The van der Waals surface area contributed by atoms with Crippen LogP contribution in [0.25, 0.3) is 10.9 Å². The minimum Gasteiger partial charge on any atom is -0.457 e. The zero-order valence-corrected chi connectivity index (χ0v) is 15.4. The van der Waals surface area contributed by atoms with Crippen LogP contribution < -0.4 is 27.3 Å².